The quantitative estimate of drug-likeness (QED) is 0.601. The minimum atomic E-state index is -1.06. The van der Waals surface area contributed by atoms with Gasteiger partial charge in [0, 0.05) is 5.41 Å². The van der Waals surface area contributed by atoms with E-state index in [0.717, 1.165) is 38.5 Å². The zero-order chi connectivity index (χ0) is 20.6. The van der Waals surface area contributed by atoms with Gasteiger partial charge in [0.05, 0.1) is 11.7 Å². The van der Waals surface area contributed by atoms with Gasteiger partial charge in [-0.3, -0.25) is 4.79 Å². The Hall–Kier alpha value is -1.11. The number of carbonyl (C=O) groups is 1. The van der Waals surface area contributed by atoms with Gasteiger partial charge in [-0.1, -0.05) is 24.8 Å². The monoisotopic (exact) mass is 396 g/mol. The molecule has 1 spiro atoms. The predicted octanol–water partition coefficient (Wildman–Crippen LogP) is 4.27. The fourth-order valence-electron chi connectivity index (χ4n) is 8.48. The number of aliphatic hydroxyl groups is 2. The molecule has 4 fully saturated rings. The molecule has 0 aromatic heterocycles. The Morgan fingerprint density at radius 3 is 2.62 bits per heavy atom. The van der Waals surface area contributed by atoms with Crippen molar-refractivity contribution in [1.82, 2.24) is 0 Å². The number of hydrogen-bond donors (Lipinski definition) is 2. The van der Waals surface area contributed by atoms with Crippen molar-refractivity contribution in [2.75, 3.05) is 0 Å². The molecule has 0 bridgehead atoms. The summed E-state index contributed by atoms with van der Waals surface area (Å²) in [4.78, 5) is 13.7. The van der Waals surface area contributed by atoms with Crippen LogP contribution in [0.25, 0.3) is 0 Å². The van der Waals surface area contributed by atoms with Gasteiger partial charge in [-0.25, -0.2) is 0 Å². The van der Waals surface area contributed by atoms with E-state index in [0.29, 0.717) is 40.6 Å². The van der Waals surface area contributed by atoms with Crippen LogP contribution in [-0.2, 0) is 4.79 Å². The van der Waals surface area contributed by atoms with Gasteiger partial charge in [0.1, 0.15) is 5.60 Å². The number of allylic oxidation sites excluding steroid dienone is 2. The summed E-state index contributed by atoms with van der Waals surface area (Å²) in [7, 11) is 0. The third-order valence-corrected chi connectivity index (χ3v) is 9.75. The molecule has 8 atom stereocenters. The van der Waals surface area contributed by atoms with Gasteiger partial charge in [0.15, 0.2) is 5.78 Å². The van der Waals surface area contributed by atoms with Crippen LogP contribution in [0.3, 0.4) is 0 Å². The first-order valence-electron chi connectivity index (χ1n) is 11.9. The number of Topliss-reactive ketones (excluding diaryl/α,β-unsaturated/α-hetero) is 1. The Balaban J connectivity index is 1.43. The molecule has 3 nitrogen and oxygen atoms in total. The van der Waals surface area contributed by atoms with Crippen molar-refractivity contribution in [2.45, 2.75) is 90.3 Å². The molecule has 4 saturated carbocycles. The first-order chi connectivity index (χ1) is 13.6. The Kier molecular flexibility index (Phi) is 4.41. The number of fused-ring (bicyclic) bond motifs is 4. The molecule has 0 amide bonds. The Bertz CT molecular complexity index is 808. The molecular formula is C26H36O3. The SMILES string of the molecule is CC(C)(O)C#CC1=C[C@H]2CC[C@H]3[C@@H]4CC[C@H]5C[C@H](O)CC[C@]5(C)[C@H]4CC[C@]23C1=O. The maximum Gasteiger partial charge on any atom is 0.177 e. The second-order valence-corrected chi connectivity index (χ2v) is 11.6. The average Bonchev–Trinajstić information content (AvgIpc) is 3.15. The van der Waals surface area contributed by atoms with Crippen LogP contribution in [0, 0.1) is 52.3 Å². The number of rotatable bonds is 0. The summed E-state index contributed by atoms with van der Waals surface area (Å²) >= 11 is 0. The fourth-order valence-corrected chi connectivity index (χ4v) is 8.48. The van der Waals surface area contributed by atoms with Crippen LogP contribution < -0.4 is 0 Å². The van der Waals surface area contributed by atoms with E-state index in [9.17, 15) is 15.0 Å². The van der Waals surface area contributed by atoms with Gasteiger partial charge in [0.25, 0.3) is 0 Å². The Morgan fingerprint density at radius 1 is 1.07 bits per heavy atom. The number of ketones is 1. The summed E-state index contributed by atoms with van der Waals surface area (Å²) < 4.78 is 0. The van der Waals surface area contributed by atoms with Gasteiger partial charge < -0.3 is 10.2 Å². The van der Waals surface area contributed by atoms with E-state index in [1.807, 2.05) is 0 Å². The minimum Gasteiger partial charge on any atom is -0.393 e. The molecule has 5 rings (SSSR count). The lowest BCUT2D eigenvalue weighted by atomic mass is 9.44. The summed E-state index contributed by atoms with van der Waals surface area (Å²) in [6.45, 7) is 5.85. The van der Waals surface area contributed by atoms with Crippen molar-refractivity contribution in [1.29, 1.82) is 0 Å². The molecule has 5 aliphatic rings. The highest BCUT2D eigenvalue weighted by atomic mass is 16.3. The highest BCUT2D eigenvalue weighted by molar-refractivity contribution is 6.07. The van der Waals surface area contributed by atoms with E-state index in [1.165, 1.54) is 19.3 Å². The average molecular weight is 397 g/mol. The van der Waals surface area contributed by atoms with Crippen LogP contribution in [0.1, 0.15) is 78.6 Å². The Morgan fingerprint density at radius 2 is 1.86 bits per heavy atom. The van der Waals surface area contributed by atoms with Crippen molar-refractivity contribution in [3.63, 3.8) is 0 Å². The van der Waals surface area contributed by atoms with E-state index in [2.05, 4.69) is 24.8 Å². The first-order valence-corrected chi connectivity index (χ1v) is 11.9. The molecule has 158 valence electrons. The topological polar surface area (TPSA) is 57.5 Å². The van der Waals surface area contributed by atoms with Crippen LogP contribution >= 0.6 is 0 Å². The molecule has 0 saturated heterocycles. The zero-order valence-electron chi connectivity index (χ0n) is 18.2. The minimum absolute atomic E-state index is 0.104. The highest BCUT2D eigenvalue weighted by Crippen LogP contribution is 2.69. The smallest absolute Gasteiger partial charge is 0.177 e. The summed E-state index contributed by atoms with van der Waals surface area (Å²) in [6.07, 6.45) is 12.1. The largest absolute Gasteiger partial charge is 0.393 e. The first kappa shape index (κ1) is 19.8. The number of carbonyl (C=O) groups excluding carboxylic acids is 1. The summed E-state index contributed by atoms with van der Waals surface area (Å²) in [6, 6.07) is 0. The van der Waals surface area contributed by atoms with E-state index in [-0.39, 0.29) is 17.3 Å². The second kappa shape index (κ2) is 6.44. The van der Waals surface area contributed by atoms with Crippen LogP contribution in [0.15, 0.2) is 11.6 Å². The summed E-state index contributed by atoms with van der Waals surface area (Å²) in [5, 5.41) is 20.2. The maximum absolute atomic E-state index is 13.7. The zero-order valence-corrected chi connectivity index (χ0v) is 18.2. The molecule has 0 aromatic rings. The van der Waals surface area contributed by atoms with Crippen molar-refractivity contribution in [3.05, 3.63) is 11.6 Å². The molecule has 0 radical (unpaired) electrons. The van der Waals surface area contributed by atoms with E-state index >= 15 is 0 Å². The lowest BCUT2D eigenvalue weighted by Gasteiger charge is -2.60. The molecule has 5 aliphatic carbocycles. The van der Waals surface area contributed by atoms with Gasteiger partial charge in [-0.05, 0) is 107 Å². The third kappa shape index (κ3) is 2.82. The third-order valence-electron chi connectivity index (χ3n) is 9.75. The van der Waals surface area contributed by atoms with Crippen LogP contribution in [0.5, 0.6) is 0 Å². The normalized spacial score (nSPS) is 48.6. The van der Waals surface area contributed by atoms with Crippen molar-refractivity contribution in [3.8, 4) is 11.8 Å². The van der Waals surface area contributed by atoms with E-state index < -0.39 is 5.60 Å². The van der Waals surface area contributed by atoms with E-state index in [4.69, 9.17) is 0 Å². The Labute approximate surface area is 175 Å². The summed E-state index contributed by atoms with van der Waals surface area (Å²) in [5.74, 6) is 9.07. The molecule has 3 heteroatoms. The highest BCUT2D eigenvalue weighted by Gasteiger charge is 2.65. The van der Waals surface area contributed by atoms with Crippen LogP contribution in [0.2, 0.25) is 0 Å². The maximum atomic E-state index is 13.7. The molecule has 2 N–H and O–H groups in total. The van der Waals surface area contributed by atoms with Gasteiger partial charge in [-0.2, -0.15) is 0 Å². The molecule has 29 heavy (non-hydrogen) atoms. The molecule has 0 aliphatic heterocycles. The van der Waals surface area contributed by atoms with Crippen molar-refractivity contribution >= 4 is 5.78 Å². The van der Waals surface area contributed by atoms with E-state index in [1.54, 1.807) is 13.8 Å². The second-order valence-electron chi connectivity index (χ2n) is 11.6. The number of hydrogen-bond acceptors (Lipinski definition) is 3. The predicted molar refractivity (Wildman–Crippen MR) is 113 cm³/mol. The lowest BCUT2D eigenvalue weighted by Crippen LogP contribution is -2.55. The summed E-state index contributed by atoms with van der Waals surface area (Å²) in [5.41, 5.74) is -0.254. The fraction of sp³-hybridized carbons (Fsp3) is 0.808. The lowest BCUT2D eigenvalue weighted by molar-refractivity contribution is -0.148. The van der Waals surface area contributed by atoms with Gasteiger partial charge in [-0.15, -0.1) is 0 Å². The molecule has 0 aromatic carbocycles. The van der Waals surface area contributed by atoms with Crippen molar-refractivity contribution in [2.24, 2.45) is 40.4 Å². The standard InChI is InChI=1S/C26H36O3/c1-24(2,29)11-8-16-14-18-5-7-22-20-6-4-17-15-19(27)9-12-25(17,3)21(20)10-13-26(18,22)23(16)28/h14,17-22,27,29H,4-7,9-10,12-13,15H2,1-3H3/t17-,18+,19+,20+,21-,22-,25-,26-/m0/s1. The number of aliphatic hydroxyl groups excluding tert-OH is 1. The molecule has 0 heterocycles. The van der Waals surface area contributed by atoms with Crippen LogP contribution in [0.4, 0.5) is 0 Å². The molecular weight excluding hydrogens is 360 g/mol. The van der Waals surface area contributed by atoms with Gasteiger partial charge in [0.2, 0.25) is 0 Å². The van der Waals surface area contributed by atoms with Crippen molar-refractivity contribution < 1.29 is 15.0 Å². The van der Waals surface area contributed by atoms with Gasteiger partial charge >= 0.3 is 0 Å². The van der Waals surface area contributed by atoms with Crippen LogP contribution in [-0.4, -0.2) is 27.7 Å². The molecule has 0 unspecified atom stereocenters.